The first kappa shape index (κ1) is 53.1. The minimum atomic E-state index is -1.44. The molecule has 1 aliphatic rings. The van der Waals surface area contributed by atoms with Crippen LogP contribution in [0.1, 0.15) is 79.0 Å². The van der Waals surface area contributed by atoms with E-state index in [0.29, 0.717) is 51.7 Å². The first-order chi connectivity index (χ1) is 34.6. The van der Waals surface area contributed by atoms with Crippen molar-refractivity contribution in [1.29, 1.82) is 0 Å². The number of rotatable bonds is 23. The number of aryl methyl sites for hydroxylation is 1. The van der Waals surface area contributed by atoms with Crippen LogP contribution < -0.4 is 25.4 Å². The molecule has 20 heteroatoms. The highest BCUT2D eigenvalue weighted by Gasteiger charge is 2.29. The van der Waals surface area contributed by atoms with Gasteiger partial charge in [0.1, 0.15) is 18.1 Å². The summed E-state index contributed by atoms with van der Waals surface area (Å²) in [7, 11) is 1.53. The fourth-order valence-corrected chi connectivity index (χ4v) is 7.72. The van der Waals surface area contributed by atoms with Crippen LogP contribution in [-0.4, -0.2) is 125 Å². The Balaban J connectivity index is 0.956. The van der Waals surface area contributed by atoms with Gasteiger partial charge in [-0.3, -0.25) is 24.3 Å². The monoisotopic (exact) mass is 988 g/mol. The first-order valence-electron chi connectivity index (χ1n) is 23.5. The fourth-order valence-electron chi connectivity index (χ4n) is 7.72. The second-order valence-electron chi connectivity index (χ2n) is 16.8. The van der Waals surface area contributed by atoms with Crippen LogP contribution >= 0.6 is 0 Å². The molecule has 0 spiro atoms. The molecule has 72 heavy (non-hydrogen) atoms. The van der Waals surface area contributed by atoms with Crippen LogP contribution in [0.3, 0.4) is 0 Å². The van der Waals surface area contributed by atoms with Gasteiger partial charge in [-0.05, 0) is 106 Å². The Morgan fingerprint density at radius 2 is 1.57 bits per heavy atom. The van der Waals surface area contributed by atoms with Crippen molar-refractivity contribution < 1.29 is 57.2 Å². The van der Waals surface area contributed by atoms with E-state index < -0.39 is 55.0 Å². The topological polar surface area (TPSA) is 253 Å². The molecule has 0 bridgehead atoms. The van der Waals surface area contributed by atoms with Crippen molar-refractivity contribution in [1.82, 2.24) is 30.3 Å². The number of carbonyl (C=O) groups is 7. The summed E-state index contributed by atoms with van der Waals surface area (Å²) in [5, 5.41) is 15.4. The number of hydrogen-bond acceptors (Lipinski definition) is 14. The number of benzene rings is 3. The summed E-state index contributed by atoms with van der Waals surface area (Å²) < 4.78 is 26.6. The molecule has 0 radical (unpaired) electrons. The van der Waals surface area contributed by atoms with Gasteiger partial charge in [-0.15, -0.1) is 0 Å². The number of amides is 4. The molecular formula is C52H60N8O12. The number of carbonyl (C=O) groups excluding carboxylic acids is 7. The van der Waals surface area contributed by atoms with E-state index in [2.05, 4.69) is 49.9 Å². The van der Waals surface area contributed by atoms with Crippen molar-refractivity contribution in [3.8, 4) is 22.6 Å². The van der Waals surface area contributed by atoms with Crippen LogP contribution in [0.2, 0.25) is 0 Å². The molecule has 5 aromatic rings. The lowest BCUT2D eigenvalue weighted by molar-refractivity contribution is -0.177. The Hall–Kier alpha value is -8.26. The smallest absolute Gasteiger partial charge is 0.347 e. The molecule has 2 unspecified atom stereocenters. The maximum atomic E-state index is 13.5. The fraction of sp³-hybridized carbons (Fsp3) is 0.346. The predicted octanol–water partition coefficient (Wildman–Crippen LogP) is 6.42. The lowest BCUT2D eigenvalue weighted by atomic mass is 10.0. The van der Waals surface area contributed by atoms with E-state index in [0.717, 1.165) is 36.3 Å². The van der Waals surface area contributed by atoms with E-state index in [9.17, 15) is 33.6 Å². The highest BCUT2D eigenvalue weighted by Crippen LogP contribution is 2.36. The lowest BCUT2D eigenvalue weighted by Gasteiger charge is -2.24. The summed E-state index contributed by atoms with van der Waals surface area (Å²) >= 11 is 0. The van der Waals surface area contributed by atoms with Crippen molar-refractivity contribution in [2.24, 2.45) is 0 Å². The summed E-state index contributed by atoms with van der Waals surface area (Å²) in [4.78, 5) is 97.9. The number of methoxy groups -OCH3 is 1. The molecule has 3 aromatic carbocycles. The highest BCUT2D eigenvalue weighted by atomic mass is 16.6. The quantitative estimate of drug-likeness (QED) is 0.0205. The Morgan fingerprint density at radius 3 is 2.28 bits per heavy atom. The summed E-state index contributed by atoms with van der Waals surface area (Å²) in [6.07, 6.45) is 1.38. The second-order valence-corrected chi connectivity index (χ2v) is 16.8. The van der Waals surface area contributed by atoms with Crippen LogP contribution in [0, 0.1) is 13.8 Å². The molecular weight excluding hydrogens is 929 g/mol. The lowest BCUT2D eigenvalue weighted by Crippen LogP contribution is -2.38. The molecule has 3 heterocycles. The molecule has 5 N–H and O–H groups in total. The van der Waals surface area contributed by atoms with E-state index in [-0.39, 0.29) is 42.8 Å². The SMILES string of the molecule is CCN(CC)CCNC(=O)c1c(C)[nH]c(/C=C2\C(=O)Nc3ccc(OC(=O)CCC(=O)OC(C)C(=O)OC(C)C(=O)OCCN(Cc4cccc(OC)c4)C(=O)Nc4ccc(-c5cn[nH]c5)cc4)cc32)c1C. The van der Waals surface area contributed by atoms with E-state index in [1.807, 2.05) is 18.2 Å². The van der Waals surface area contributed by atoms with Gasteiger partial charge in [-0.25, -0.2) is 14.4 Å². The van der Waals surface area contributed by atoms with E-state index in [1.54, 1.807) is 68.7 Å². The number of fused-ring (bicyclic) bond motifs is 1. The van der Waals surface area contributed by atoms with Crippen LogP contribution in [0.25, 0.3) is 22.8 Å². The average molecular weight is 989 g/mol. The average Bonchev–Trinajstić information content (AvgIpc) is 4.09. The van der Waals surface area contributed by atoms with Gasteiger partial charge in [-0.1, -0.05) is 38.1 Å². The maximum absolute atomic E-state index is 13.5. The van der Waals surface area contributed by atoms with Crippen molar-refractivity contribution in [3.05, 3.63) is 113 Å². The minimum Gasteiger partial charge on any atom is -0.497 e. The van der Waals surface area contributed by atoms with Gasteiger partial charge >= 0.3 is 29.9 Å². The number of H-pyrrole nitrogens is 2. The summed E-state index contributed by atoms with van der Waals surface area (Å²) in [5.74, 6) is -3.52. The Bertz CT molecular complexity index is 2780. The molecule has 2 atom stereocenters. The third-order valence-corrected chi connectivity index (χ3v) is 11.8. The van der Waals surface area contributed by atoms with E-state index in [4.69, 9.17) is 23.7 Å². The normalized spacial score (nSPS) is 13.1. The van der Waals surface area contributed by atoms with Crippen LogP contribution in [0.5, 0.6) is 11.5 Å². The van der Waals surface area contributed by atoms with Gasteiger partial charge in [0.2, 0.25) is 0 Å². The number of anilines is 2. The summed E-state index contributed by atoms with van der Waals surface area (Å²) in [6.45, 7) is 13.1. The number of urea groups is 1. The van der Waals surface area contributed by atoms with Gasteiger partial charge in [0.15, 0.2) is 12.2 Å². The standard InChI is InChI=1S/C52H60N8O12/c1-8-59(9-2)22-21-53-49(64)47-31(3)44(56-32(47)4)27-42-41-26-40(17-18-43(41)58-48(42)63)72-46(62)20-19-45(61)70-34(6)51(66)71-33(5)50(65)69-24-23-60(30-35-11-10-12-39(25-35)68-7)52(67)57-38-15-13-36(14-16-38)37-28-54-55-29-37/h10-18,25-29,33-34,56H,8-9,19-24,30H2,1-7H3,(H,53,64)(H,54,55)(H,57,67)(H,58,63)/b42-27-. The Labute approximate surface area is 416 Å². The number of esters is 4. The predicted molar refractivity (Wildman–Crippen MR) is 267 cm³/mol. The Morgan fingerprint density at radius 1 is 0.833 bits per heavy atom. The molecule has 380 valence electrons. The number of aromatic amines is 2. The van der Waals surface area contributed by atoms with Crippen molar-refractivity contribution in [3.63, 3.8) is 0 Å². The molecule has 4 amide bonds. The maximum Gasteiger partial charge on any atom is 0.347 e. The number of aromatic nitrogens is 3. The zero-order valence-electron chi connectivity index (χ0n) is 41.3. The molecule has 0 saturated heterocycles. The van der Waals surface area contributed by atoms with E-state index >= 15 is 0 Å². The molecule has 1 aliphatic heterocycles. The summed E-state index contributed by atoms with van der Waals surface area (Å²) in [5.41, 5.74) is 6.69. The van der Waals surface area contributed by atoms with Crippen LogP contribution in [0.15, 0.2) is 79.1 Å². The van der Waals surface area contributed by atoms with Gasteiger partial charge in [-0.2, -0.15) is 5.10 Å². The van der Waals surface area contributed by atoms with Crippen LogP contribution in [0.4, 0.5) is 16.2 Å². The summed E-state index contributed by atoms with van der Waals surface area (Å²) in [6, 6.07) is 18.5. The van der Waals surface area contributed by atoms with Gasteiger partial charge in [0.05, 0.1) is 43.8 Å². The van der Waals surface area contributed by atoms with Gasteiger partial charge in [0, 0.05) is 59.7 Å². The van der Waals surface area contributed by atoms with Gasteiger partial charge in [0.25, 0.3) is 11.8 Å². The molecule has 20 nitrogen and oxygen atoms in total. The Kier molecular flexibility index (Phi) is 18.5. The molecule has 6 rings (SSSR count). The largest absolute Gasteiger partial charge is 0.497 e. The molecule has 0 saturated carbocycles. The van der Waals surface area contributed by atoms with Crippen molar-refractivity contribution >= 4 is 64.7 Å². The number of nitrogens with one attached hydrogen (secondary N) is 5. The molecule has 0 fully saturated rings. The second kappa shape index (κ2) is 25.0. The van der Waals surface area contributed by atoms with E-state index in [1.165, 1.54) is 38.0 Å². The molecule has 0 aliphatic carbocycles. The molecule has 2 aromatic heterocycles. The zero-order chi connectivity index (χ0) is 51.9. The van der Waals surface area contributed by atoms with Crippen LogP contribution in [-0.2, 0) is 44.7 Å². The zero-order valence-corrected chi connectivity index (χ0v) is 41.3. The number of ether oxygens (including phenoxy) is 5. The first-order valence-corrected chi connectivity index (χ1v) is 23.5. The number of hydrogen-bond donors (Lipinski definition) is 5. The highest BCUT2D eigenvalue weighted by molar-refractivity contribution is 6.35. The third-order valence-electron chi connectivity index (χ3n) is 11.8. The van der Waals surface area contributed by atoms with Crippen molar-refractivity contribution in [2.75, 3.05) is 57.1 Å². The van der Waals surface area contributed by atoms with Gasteiger partial charge < -0.3 is 54.4 Å². The number of likely N-dealkylation sites (N-methyl/N-ethyl adjacent to an activating group) is 1. The number of nitrogens with zero attached hydrogens (tertiary/aromatic N) is 3. The third kappa shape index (κ3) is 14.2. The minimum absolute atomic E-state index is 0.0327. The van der Waals surface area contributed by atoms with Crippen molar-refractivity contribution in [2.45, 2.75) is 73.1 Å².